The molecule has 0 amide bonds. The minimum absolute atomic E-state index is 0.149. The van der Waals surface area contributed by atoms with Crippen LogP contribution in [0.1, 0.15) is 35.8 Å². The minimum Gasteiger partial charge on any atom is -0.493 e. The summed E-state index contributed by atoms with van der Waals surface area (Å²) in [5.74, 6) is 1.55. The third-order valence-corrected chi connectivity index (χ3v) is 3.41. The Balaban J connectivity index is 2.05. The highest BCUT2D eigenvalue weighted by atomic mass is 16.5. The molecule has 102 valence electrons. The Morgan fingerprint density at radius 3 is 2.90 bits per heavy atom. The molecule has 0 spiro atoms. The molecule has 0 radical (unpaired) electrons. The van der Waals surface area contributed by atoms with Crippen molar-refractivity contribution < 1.29 is 9.53 Å². The van der Waals surface area contributed by atoms with Crippen LogP contribution in [-0.4, -0.2) is 22.4 Å². The van der Waals surface area contributed by atoms with E-state index < -0.39 is 0 Å². The SMILES string of the molecule is CCOc1ccccc1-c1ncc2c(n1)CCCC2=O. The van der Waals surface area contributed by atoms with Gasteiger partial charge in [-0.15, -0.1) is 0 Å². The Morgan fingerprint density at radius 1 is 1.20 bits per heavy atom. The Labute approximate surface area is 117 Å². The molecular formula is C16H16N2O2. The van der Waals surface area contributed by atoms with Crippen LogP contribution in [-0.2, 0) is 6.42 Å². The average Bonchev–Trinajstić information content (AvgIpc) is 2.48. The van der Waals surface area contributed by atoms with E-state index in [2.05, 4.69) is 9.97 Å². The molecule has 0 N–H and O–H groups in total. The molecule has 1 aromatic carbocycles. The van der Waals surface area contributed by atoms with Crippen molar-refractivity contribution in [3.05, 3.63) is 41.7 Å². The monoisotopic (exact) mass is 268 g/mol. The Hall–Kier alpha value is -2.23. The Bertz CT molecular complexity index is 653. The van der Waals surface area contributed by atoms with Crippen molar-refractivity contribution in [3.8, 4) is 17.1 Å². The number of hydrogen-bond acceptors (Lipinski definition) is 4. The van der Waals surface area contributed by atoms with Crippen molar-refractivity contribution in [1.29, 1.82) is 0 Å². The molecule has 1 aliphatic carbocycles. The van der Waals surface area contributed by atoms with Crippen molar-refractivity contribution in [2.24, 2.45) is 0 Å². The highest BCUT2D eigenvalue weighted by Gasteiger charge is 2.20. The van der Waals surface area contributed by atoms with Gasteiger partial charge in [-0.05, 0) is 31.9 Å². The van der Waals surface area contributed by atoms with E-state index in [1.165, 1.54) is 0 Å². The van der Waals surface area contributed by atoms with Gasteiger partial charge in [0.05, 0.1) is 23.4 Å². The standard InChI is InChI=1S/C16H16N2O2/c1-2-20-15-9-4-3-6-11(15)16-17-10-12-13(18-16)7-5-8-14(12)19/h3-4,6,9-10H,2,5,7-8H2,1H3. The van der Waals surface area contributed by atoms with Gasteiger partial charge in [-0.2, -0.15) is 0 Å². The van der Waals surface area contributed by atoms with Crippen LogP contribution >= 0.6 is 0 Å². The number of fused-ring (bicyclic) bond motifs is 1. The van der Waals surface area contributed by atoms with E-state index in [4.69, 9.17) is 4.74 Å². The number of aromatic nitrogens is 2. The van der Waals surface area contributed by atoms with Gasteiger partial charge in [0.15, 0.2) is 11.6 Å². The maximum atomic E-state index is 11.8. The van der Waals surface area contributed by atoms with Crippen LogP contribution < -0.4 is 4.74 Å². The van der Waals surface area contributed by atoms with Gasteiger partial charge in [-0.3, -0.25) is 4.79 Å². The van der Waals surface area contributed by atoms with Crippen LogP contribution in [0.4, 0.5) is 0 Å². The van der Waals surface area contributed by atoms with Crippen molar-refractivity contribution in [2.75, 3.05) is 6.61 Å². The number of ether oxygens (including phenoxy) is 1. The van der Waals surface area contributed by atoms with E-state index in [0.29, 0.717) is 24.4 Å². The number of hydrogen-bond donors (Lipinski definition) is 0. The first-order chi connectivity index (χ1) is 9.79. The fourth-order valence-corrected chi connectivity index (χ4v) is 2.45. The maximum Gasteiger partial charge on any atom is 0.166 e. The molecule has 0 unspecified atom stereocenters. The maximum absolute atomic E-state index is 11.8. The summed E-state index contributed by atoms with van der Waals surface area (Å²) in [6.45, 7) is 2.55. The minimum atomic E-state index is 0.149. The molecule has 4 heteroatoms. The van der Waals surface area contributed by atoms with Crippen LogP contribution in [0.3, 0.4) is 0 Å². The summed E-state index contributed by atoms with van der Waals surface area (Å²) in [5, 5.41) is 0. The predicted octanol–water partition coefficient (Wildman–Crippen LogP) is 3.06. The van der Waals surface area contributed by atoms with E-state index in [9.17, 15) is 4.79 Å². The molecule has 0 saturated heterocycles. The van der Waals surface area contributed by atoms with Crippen LogP contribution in [0, 0.1) is 0 Å². The fourth-order valence-electron chi connectivity index (χ4n) is 2.45. The number of benzene rings is 1. The molecule has 1 heterocycles. The Kier molecular flexibility index (Phi) is 3.46. The first-order valence-electron chi connectivity index (χ1n) is 6.91. The van der Waals surface area contributed by atoms with Crippen molar-refractivity contribution in [3.63, 3.8) is 0 Å². The molecule has 1 aliphatic rings. The van der Waals surface area contributed by atoms with Gasteiger partial charge in [0.25, 0.3) is 0 Å². The van der Waals surface area contributed by atoms with Gasteiger partial charge in [-0.1, -0.05) is 12.1 Å². The fraction of sp³-hybridized carbons (Fsp3) is 0.312. The summed E-state index contributed by atoms with van der Waals surface area (Å²) < 4.78 is 5.61. The molecule has 0 fully saturated rings. The van der Waals surface area contributed by atoms with Crippen LogP contribution in [0.2, 0.25) is 0 Å². The van der Waals surface area contributed by atoms with Crippen molar-refractivity contribution in [1.82, 2.24) is 9.97 Å². The number of carbonyl (C=O) groups excluding carboxylic acids is 1. The van der Waals surface area contributed by atoms with Crippen LogP contribution in [0.15, 0.2) is 30.5 Å². The molecule has 3 rings (SSSR count). The number of Topliss-reactive ketones (excluding diaryl/α,β-unsaturated/α-hetero) is 1. The smallest absolute Gasteiger partial charge is 0.166 e. The molecule has 1 aromatic heterocycles. The zero-order chi connectivity index (χ0) is 13.9. The van der Waals surface area contributed by atoms with Crippen LogP contribution in [0.5, 0.6) is 5.75 Å². The lowest BCUT2D eigenvalue weighted by atomic mass is 9.96. The number of carbonyl (C=O) groups is 1. The zero-order valence-electron chi connectivity index (χ0n) is 11.4. The van der Waals surface area contributed by atoms with Crippen molar-refractivity contribution >= 4 is 5.78 Å². The highest BCUT2D eigenvalue weighted by molar-refractivity contribution is 5.97. The lowest BCUT2D eigenvalue weighted by Crippen LogP contribution is -2.14. The summed E-state index contributed by atoms with van der Waals surface area (Å²) in [6.07, 6.45) is 3.97. The lowest BCUT2D eigenvalue weighted by Gasteiger charge is -2.15. The van der Waals surface area contributed by atoms with Crippen LogP contribution in [0.25, 0.3) is 11.4 Å². The van der Waals surface area contributed by atoms with Gasteiger partial charge in [0, 0.05) is 12.6 Å². The van der Waals surface area contributed by atoms with Gasteiger partial charge < -0.3 is 4.74 Å². The number of rotatable bonds is 3. The molecule has 0 aliphatic heterocycles. The summed E-state index contributed by atoms with van der Waals surface area (Å²) in [7, 11) is 0. The number of aryl methyl sites for hydroxylation is 1. The van der Waals surface area contributed by atoms with E-state index >= 15 is 0 Å². The largest absolute Gasteiger partial charge is 0.493 e. The third kappa shape index (κ3) is 2.29. The number of para-hydroxylation sites is 1. The zero-order valence-corrected chi connectivity index (χ0v) is 11.4. The average molecular weight is 268 g/mol. The normalized spacial score (nSPS) is 13.9. The summed E-state index contributed by atoms with van der Waals surface area (Å²) in [4.78, 5) is 20.7. The highest BCUT2D eigenvalue weighted by Crippen LogP contribution is 2.29. The third-order valence-electron chi connectivity index (χ3n) is 3.41. The molecule has 20 heavy (non-hydrogen) atoms. The molecule has 4 nitrogen and oxygen atoms in total. The lowest BCUT2D eigenvalue weighted by molar-refractivity contribution is 0.0971. The van der Waals surface area contributed by atoms with Gasteiger partial charge >= 0.3 is 0 Å². The van der Waals surface area contributed by atoms with E-state index in [-0.39, 0.29) is 5.78 Å². The summed E-state index contributed by atoms with van der Waals surface area (Å²) >= 11 is 0. The van der Waals surface area contributed by atoms with E-state index in [1.54, 1.807) is 6.20 Å². The van der Waals surface area contributed by atoms with E-state index in [0.717, 1.165) is 29.8 Å². The number of nitrogens with zero attached hydrogens (tertiary/aromatic N) is 2. The Morgan fingerprint density at radius 2 is 2.05 bits per heavy atom. The topological polar surface area (TPSA) is 52.1 Å². The van der Waals surface area contributed by atoms with Gasteiger partial charge in [0.2, 0.25) is 0 Å². The van der Waals surface area contributed by atoms with Gasteiger partial charge in [-0.25, -0.2) is 9.97 Å². The first kappa shape index (κ1) is 12.8. The molecule has 0 bridgehead atoms. The second kappa shape index (κ2) is 5.41. The van der Waals surface area contributed by atoms with Crippen molar-refractivity contribution in [2.45, 2.75) is 26.2 Å². The molecule has 2 aromatic rings. The first-order valence-corrected chi connectivity index (χ1v) is 6.91. The quantitative estimate of drug-likeness (QED) is 0.858. The summed E-state index contributed by atoms with van der Waals surface area (Å²) in [5.41, 5.74) is 2.40. The second-order valence-electron chi connectivity index (χ2n) is 4.76. The number of ketones is 1. The molecular weight excluding hydrogens is 252 g/mol. The molecule has 0 saturated carbocycles. The second-order valence-corrected chi connectivity index (χ2v) is 4.76. The summed E-state index contributed by atoms with van der Waals surface area (Å²) in [6, 6.07) is 7.71. The van der Waals surface area contributed by atoms with Gasteiger partial charge in [0.1, 0.15) is 5.75 Å². The predicted molar refractivity (Wildman–Crippen MR) is 75.9 cm³/mol. The molecule has 0 atom stereocenters. The van der Waals surface area contributed by atoms with E-state index in [1.807, 2.05) is 31.2 Å².